The lowest BCUT2D eigenvalue weighted by Crippen LogP contribution is -2.37. The molecule has 64 valence electrons. The van der Waals surface area contributed by atoms with Gasteiger partial charge in [0.2, 0.25) is 0 Å². The summed E-state index contributed by atoms with van der Waals surface area (Å²) in [6.45, 7) is 5.25. The van der Waals surface area contributed by atoms with Crippen LogP contribution in [0.25, 0.3) is 0 Å². The highest BCUT2D eigenvalue weighted by Gasteiger charge is 2.21. The largest absolute Gasteiger partial charge is 0.480 e. The van der Waals surface area contributed by atoms with E-state index >= 15 is 0 Å². The minimum atomic E-state index is -1.03. The van der Waals surface area contributed by atoms with E-state index in [1.807, 2.05) is 0 Å². The normalized spacial score (nSPS) is 15.5. The lowest BCUT2D eigenvalue weighted by atomic mass is 10.0. The van der Waals surface area contributed by atoms with Crippen LogP contribution in [0.4, 0.5) is 0 Å². The predicted molar refractivity (Wildman–Crippen MR) is 45.7 cm³/mol. The highest BCUT2D eigenvalue weighted by Crippen LogP contribution is 2.19. The smallest absolute Gasteiger partial charge is 0.321 e. The molecule has 0 aromatic carbocycles. The van der Waals surface area contributed by atoms with Crippen molar-refractivity contribution in [1.29, 1.82) is 0 Å². The molecule has 1 unspecified atom stereocenters. The van der Waals surface area contributed by atoms with E-state index in [0.29, 0.717) is 4.91 Å². The Morgan fingerprint density at radius 1 is 1.73 bits per heavy atom. The lowest BCUT2D eigenvalue weighted by molar-refractivity contribution is -0.139. The number of aliphatic carboxylic acids is 1. The highest BCUT2D eigenvalue weighted by molar-refractivity contribution is 8.00. The lowest BCUT2D eigenvalue weighted by Gasteiger charge is -2.15. The Morgan fingerprint density at radius 2 is 2.18 bits per heavy atom. The molecule has 0 saturated carbocycles. The quantitative estimate of drug-likeness (QED) is 0.531. The summed E-state index contributed by atoms with van der Waals surface area (Å²) >= 11 is 0.941. The Kier molecular flexibility index (Phi) is 4.17. The zero-order valence-corrected chi connectivity index (χ0v) is 7.10. The SMILES string of the molecule is C=C(SN)C(C)[C@H](N)C(=O)O. The van der Waals surface area contributed by atoms with Gasteiger partial charge < -0.3 is 10.8 Å². The number of nitrogens with two attached hydrogens (primary N) is 2. The second kappa shape index (κ2) is 4.38. The summed E-state index contributed by atoms with van der Waals surface area (Å²) in [5, 5.41) is 13.7. The van der Waals surface area contributed by atoms with Gasteiger partial charge in [-0.3, -0.25) is 9.93 Å². The van der Waals surface area contributed by atoms with E-state index in [1.54, 1.807) is 6.92 Å². The van der Waals surface area contributed by atoms with Crippen molar-refractivity contribution in [2.24, 2.45) is 16.8 Å². The maximum absolute atomic E-state index is 10.3. The van der Waals surface area contributed by atoms with Crippen molar-refractivity contribution in [3.05, 3.63) is 11.5 Å². The second-order valence-electron chi connectivity index (χ2n) is 2.24. The molecule has 0 aliphatic carbocycles. The Morgan fingerprint density at radius 3 is 2.45 bits per heavy atom. The zero-order valence-electron chi connectivity index (χ0n) is 6.28. The number of carbonyl (C=O) groups is 1. The molecule has 5 N–H and O–H groups in total. The molecule has 0 radical (unpaired) electrons. The first-order chi connectivity index (χ1) is 5.00. The molecular weight excluding hydrogens is 164 g/mol. The molecule has 0 heterocycles. The topological polar surface area (TPSA) is 89.3 Å². The fourth-order valence-corrected chi connectivity index (χ4v) is 0.883. The molecule has 0 fully saturated rings. The first-order valence-electron chi connectivity index (χ1n) is 3.04. The third-order valence-electron chi connectivity index (χ3n) is 1.48. The van der Waals surface area contributed by atoms with Crippen molar-refractivity contribution in [3.8, 4) is 0 Å². The van der Waals surface area contributed by atoms with Gasteiger partial charge in [-0.15, -0.1) is 0 Å². The fraction of sp³-hybridized carbons (Fsp3) is 0.500. The second-order valence-corrected chi connectivity index (χ2v) is 3.00. The maximum atomic E-state index is 10.3. The molecule has 0 aliphatic heterocycles. The van der Waals surface area contributed by atoms with Crippen molar-refractivity contribution in [2.45, 2.75) is 13.0 Å². The first kappa shape index (κ1) is 10.5. The molecule has 0 aliphatic rings. The average molecular weight is 176 g/mol. The van der Waals surface area contributed by atoms with Crippen molar-refractivity contribution in [2.75, 3.05) is 0 Å². The predicted octanol–water partition coefficient (Wildman–Crippen LogP) is 0.155. The monoisotopic (exact) mass is 176 g/mol. The molecule has 0 rings (SSSR count). The van der Waals surface area contributed by atoms with Crippen LogP contribution in [0.15, 0.2) is 11.5 Å². The van der Waals surface area contributed by atoms with E-state index < -0.39 is 12.0 Å². The molecule has 11 heavy (non-hydrogen) atoms. The van der Waals surface area contributed by atoms with Gasteiger partial charge in [0.05, 0.1) is 0 Å². The Labute approximate surface area is 69.8 Å². The average Bonchev–Trinajstić information content (AvgIpc) is 2.00. The Bertz CT molecular complexity index is 172. The van der Waals surface area contributed by atoms with Gasteiger partial charge in [-0.25, -0.2) is 0 Å². The van der Waals surface area contributed by atoms with Crippen molar-refractivity contribution >= 4 is 17.9 Å². The third kappa shape index (κ3) is 2.92. The van der Waals surface area contributed by atoms with Gasteiger partial charge >= 0.3 is 5.97 Å². The van der Waals surface area contributed by atoms with Gasteiger partial charge in [-0.1, -0.05) is 25.5 Å². The van der Waals surface area contributed by atoms with Gasteiger partial charge in [0.15, 0.2) is 0 Å². The van der Waals surface area contributed by atoms with Crippen molar-refractivity contribution in [1.82, 2.24) is 0 Å². The summed E-state index contributed by atoms with van der Waals surface area (Å²) in [5.74, 6) is -1.34. The number of carboxylic acid groups (broad SMARTS) is 1. The molecule has 0 spiro atoms. The van der Waals surface area contributed by atoms with Crippen LogP contribution in [-0.4, -0.2) is 17.1 Å². The van der Waals surface area contributed by atoms with Crippen molar-refractivity contribution < 1.29 is 9.90 Å². The summed E-state index contributed by atoms with van der Waals surface area (Å²) < 4.78 is 0. The van der Waals surface area contributed by atoms with Gasteiger partial charge in [0.25, 0.3) is 0 Å². The van der Waals surface area contributed by atoms with Crippen LogP contribution >= 0.6 is 11.9 Å². The van der Waals surface area contributed by atoms with E-state index in [-0.39, 0.29) is 5.92 Å². The molecule has 0 amide bonds. The number of carboxylic acids is 1. The Balaban J connectivity index is 4.12. The van der Waals surface area contributed by atoms with E-state index in [2.05, 4.69) is 6.58 Å². The summed E-state index contributed by atoms with van der Waals surface area (Å²) in [5.41, 5.74) is 5.31. The fourth-order valence-electron chi connectivity index (χ4n) is 0.521. The minimum absolute atomic E-state index is 0.303. The van der Waals surface area contributed by atoms with Crippen LogP contribution in [-0.2, 0) is 4.79 Å². The van der Waals surface area contributed by atoms with E-state index in [1.165, 1.54) is 0 Å². The van der Waals surface area contributed by atoms with E-state index in [9.17, 15) is 4.79 Å². The van der Waals surface area contributed by atoms with Crippen molar-refractivity contribution in [3.63, 3.8) is 0 Å². The molecule has 0 saturated heterocycles. The molecular formula is C6H12N2O2S. The molecule has 2 atom stereocenters. The molecule has 0 aromatic heterocycles. The number of hydrogen-bond acceptors (Lipinski definition) is 4. The van der Waals surface area contributed by atoms with Gasteiger partial charge in [0, 0.05) is 5.92 Å². The maximum Gasteiger partial charge on any atom is 0.321 e. The zero-order chi connectivity index (χ0) is 9.02. The molecule has 5 heteroatoms. The Hall–Kier alpha value is -0.520. The van der Waals surface area contributed by atoms with Gasteiger partial charge in [0.1, 0.15) is 6.04 Å². The summed E-state index contributed by atoms with van der Waals surface area (Å²) in [6, 6.07) is -0.918. The first-order valence-corrected chi connectivity index (χ1v) is 3.92. The van der Waals surface area contributed by atoms with Crippen LogP contribution in [0.1, 0.15) is 6.92 Å². The van der Waals surface area contributed by atoms with Crippen LogP contribution in [0.5, 0.6) is 0 Å². The highest BCUT2D eigenvalue weighted by atomic mass is 32.2. The minimum Gasteiger partial charge on any atom is -0.480 e. The summed E-state index contributed by atoms with van der Waals surface area (Å²) in [4.78, 5) is 10.9. The van der Waals surface area contributed by atoms with Gasteiger partial charge in [-0.05, 0) is 4.91 Å². The van der Waals surface area contributed by atoms with Crippen LogP contribution in [0, 0.1) is 5.92 Å². The third-order valence-corrected chi connectivity index (χ3v) is 2.16. The number of rotatable bonds is 4. The van der Waals surface area contributed by atoms with Gasteiger partial charge in [-0.2, -0.15) is 0 Å². The van der Waals surface area contributed by atoms with Crippen LogP contribution in [0.3, 0.4) is 0 Å². The number of hydrogen-bond donors (Lipinski definition) is 3. The molecule has 0 bridgehead atoms. The van der Waals surface area contributed by atoms with Crippen LogP contribution in [0.2, 0.25) is 0 Å². The van der Waals surface area contributed by atoms with E-state index in [0.717, 1.165) is 11.9 Å². The molecule has 0 aromatic rings. The van der Waals surface area contributed by atoms with Crippen LogP contribution < -0.4 is 10.9 Å². The summed E-state index contributed by atoms with van der Waals surface area (Å²) in [7, 11) is 0. The molecule has 4 nitrogen and oxygen atoms in total. The summed E-state index contributed by atoms with van der Waals surface area (Å²) in [6.07, 6.45) is 0. The standard InChI is InChI=1S/C6H12N2O2S/c1-3(4(2)11-8)5(7)6(9)10/h3,5H,2,7-8H2,1H3,(H,9,10)/t3?,5-/m0/s1. The van der Waals surface area contributed by atoms with E-state index in [4.69, 9.17) is 16.0 Å².